The molecule has 0 radical (unpaired) electrons. The fraction of sp³-hybridized carbons (Fsp3) is 0.250. The maximum atomic E-state index is 8.55. The van der Waals surface area contributed by atoms with Gasteiger partial charge in [-0.25, -0.2) is 9.13 Å². The van der Waals surface area contributed by atoms with E-state index in [2.05, 4.69) is 63.9 Å². The second kappa shape index (κ2) is 10.9. The first-order valence-corrected chi connectivity index (χ1v) is 10.0. The molecule has 1 N–H and O–H groups in total. The molecule has 30 heavy (non-hydrogen) atoms. The number of oxime groups is 2. The highest BCUT2D eigenvalue weighted by molar-refractivity contribution is 5.78. The zero-order chi connectivity index (χ0) is 21.2. The van der Waals surface area contributed by atoms with Crippen LogP contribution >= 0.6 is 0 Å². The first-order chi connectivity index (χ1) is 14.6. The lowest BCUT2D eigenvalue weighted by Crippen LogP contribution is -2.38. The van der Waals surface area contributed by atoms with E-state index in [4.69, 9.17) is 10.0 Å². The number of nitrogens with zero attached hydrogens (tertiary/aromatic N) is 4. The number of pyridine rings is 2. The van der Waals surface area contributed by atoms with Crippen LogP contribution in [0.4, 0.5) is 0 Å². The van der Waals surface area contributed by atoms with E-state index in [1.54, 1.807) is 6.21 Å². The SMILES string of the molecule is Cc1ccc(C)c(CO/N=C\c2cc[n+](CCC[n+]3ccc(C=NO)cc3)cc2)c1. The molecule has 0 aliphatic rings. The van der Waals surface area contributed by atoms with E-state index in [1.165, 1.54) is 17.3 Å². The van der Waals surface area contributed by atoms with Crippen molar-refractivity contribution in [3.63, 3.8) is 0 Å². The van der Waals surface area contributed by atoms with Crippen LogP contribution in [0.3, 0.4) is 0 Å². The van der Waals surface area contributed by atoms with Crippen molar-refractivity contribution in [1.29, 1.82) is 0 Å². The summed E-state index contributed by atoms with van der Waals surface area (Å²) in [4.78, 5) is 5.47. The Morgan fingerprint density at radius 1 is 0.867 bits per heavy atom. The van der Waals surface area contributed by atoms with Crippen LogP contribution in [-0.2, 0) is 24.5 Å². The molecule has 3 rings (SSSR count). The van der Waals surface area contributed by atoms with Crippen LogP contribution in [0.15, 0.2) is 77.6 Å². The molecular weight excluding hydrogens is 376 g/mol. The zero-order valence-corrected chi connectivity index (χ0v) is 17.5. The Labute approximate surface area is 177 Å². The van der Waals surface area contributed by atoms with E-state index < -0.39 is 0 Å². The summed E-state index contributed by atoms with van der Waals surface area (Å²) in [5.41, 5.74) is 5.47. The topological polar surface area (TPSA) is 61.9 Å². The fourth-order valence-electron chi connectivity index (χ4n) is 3.07. The lowest BCUT2D eigenvalue weighted by molar-refractivity contribution is -0.726. The van der Waals surface area contributed by atoms with Crippen molar-refractivity contribution in [1.82, 2.24) is 0 Å². The van der Waals surface area contributed by atoms with Crippen LogP contribution in [0.1, 0.15) is 34.2 Å². The summed E-state index contributed by atoms with van der Waals surface area (Å²) in [6, 6.07) is 14.2. The third-order valence-corrected chi connectivity index (χ3v) is 4.87. The molecular formula is C24H28N4O2+2. The molecule has 1 aromatic carbocycles. The highest BCUT2D eigenvalue weighted by Crippen LogP contribution is 2.11. The van der Waals surface area contributed by atoms with Gasteiger partial charge < -0.3 is 10.0 Å². The average Bonchev–Trinajstić information content (AvgIpc) is 2.76. The van der Waals surface area contributed by atoms with Gasteiger partial charge in [0.15, 0.2) is 37.9 Å². The molecule has 6 nitrogen and oxygen atoms in total. The third-order valence-electron chi connectivity index (χ3n) is 4.87. The van der Waals surface area contributed by atoms with Crippen molar-refractivity contribution >= 4 is 12.4 Å². The Hall–Kier alpha value is -3.54. The smallest absolute Gasteiger partial charge is 0.169 e. The lowest BCUT2D eigenvalue weighted by Gasteiger charge is -2.05. The number of rotatable bonds is 9. The lowest BCUT2D eigenvalue weighted by atomic mass is 10.1. The molecule has 0 aliphatic heterocycles. The molecule has 0 aliphatic carbocycles. The monoisotopic (exact) mass is 404 g/mol. The first kappa shape index (κ1) is 21.2. The zero-order valence-electron chi connectivity index (χ0n) is 17.5. The second-order valence-electron chi connectivity index (χ2n) is 7.27. The number of hydrogen-bond acceptors (Lipinski definition) is 4. The van der Waals surface area contributed by atoms with Crippen LogP contribution < -0.4 is 9.13 Å². The summed E-state index contributed by atoms with van der Waals surface area (Å²) in [6.45, 7) is 6.47. The van der Waals surface area contributed by atoms with Gasteiger partial charge in [0.05, 0.1) is 18.9 Å². The highest BCUT2D eigenvalue weighted by atomic mass is 16.6. The Morgan fingerprint density at radius 2 is 1.47 bits per heavy atom. The number of aromatic nitrogens is 2. The van der Waals surface area contributed by atoms with E-state index in [-0.39, 0.29) is 0 Å². The van der Waals surface area contributed by atoms with Gasteiger partial charge in [-0.3, -0.25) is 0 Å². The maximum Gasteiger partial charge on any atom is 0.169 e. The molecule has 2 heterocycles. The van der Waals surface area contributed by atoms with Gasteiger partial charge in [0, 0.05) is 35.4 Å². The number of aryl methyl sites for hydroxylation is 4. The van der Waals surface area contributed by atoms with E-state index >= 15 is 0 Å². The third kappa shape index (κ3) is 6.51. The van der Waals surface area contributed by atoms with Crippen molar-refractivity contribution in [3.8, 4) is 0 Å². The van der Waals surface area contributed by atoms with E-state index in [1.807, 2.05) is 36.7 Å². The van der Waals surface area contributed by atoms with Gasteiger partial charge in [0.2, 0.25) is 0 Å². The fourth-order valence-corrected chi connectivity index (χ4v) is 3.07. The molecule has 154 valence electrons. The summed E-state index contributed by atoms with van der Waals surface area (Å²) in [5, 5.41) is 15.7. The van der Waals surface area contributed by atoms with E-state index in [0.717, 1.165) is 36.2 Å². The highest BCUT2D eigenvalue weighted by Gasteiger charge is 2.05. The van der Waals surface area contributed by atoms with Crippen LogP contribution in [0.5, 0.6) is 0 Å². The van der Waals surface area contributed by atoms with Crippen LogP contribution in [0.2, 0.25) is 0 Å². The Bertz CT molecular complexity index is 997. The van der Waals surface area contributed by atoms with Crippen molar-refractivity contribution in [3.05, 3.63) is 95.1 Å². The quantitative estimate of drug-likeness (QED) is 0.257. The molecule has 0 atom stereocenters. The number of hydrogen-bond donors (Lipinski definition) is 1. The van der Waals surface area contributed by atoms with Crippen molar-refractivity contribution < 1.29 is 19.2 Å². The number of benzene rings is 1. The van der Waals surface area contributed by atoms with Crippen LogP contribution in [0.25, 0.3) is 0 Å². The van der Waals surface area contributed by atoms with Gasteiger partial charge in [-0.1, -0.05) is 34.1 Å². The van der Waals surface area contributed by atoms with Crippen molar-refractivity contribution in [2.24, 2.45) is 10.3 Å². The largest absolute Gasteiger partial charge is 0.411 e. The summed E-state index contributed by atoms with van der Waals surface area (Å²) in [6.07, 6.45) is 12.2. The molecule has 0 saturated carbocycles. The molecule has 0 spiro atoms. The molecule has 3 aromatic rings. The molecule has 0 saturated heterocycles. The Balaban J connectivity index is 1.43. The predicted octanol–water partition coefficient (Wildman–Crippen LogP) is 3.33. The maximum absolute atomic E-state index is 8.55. The molecule has 0 unspecified atom stereocenters. The summed E-state index contributed by atoms with van der Waals surface area (Å²) in [7, 11) is 0. The summed E-state index contributed by atoms with van der Waals surface area (Å²) in [5.74, 6) is 0. The minimum absolute atomic E-state index is 0.474. The standard InChI is InChI=1S/C24H27N4O2/c1-20-4-5-21(2)24(16-20)19-30-26-18-23-8-14-28(15-9-23)11-3-10-27-12-6-22(7-13-27)17-25-29/h4-9,12-18H,3,10-11,19H2,1-2H3/q+1/p+1/b26-18-. The minimum Gasteiger partial charge on any atom is -0.411 e. The van der Waals surface area contributed by atoms with Gasteiger partial charge in [0.25, 0.3) is 0 Å². The predicted molar refractivity (Wildman–Crippen MR) is 116 cm³/mol. The van der Waals surface area contributed by atoms with Crippen molar-refractivity contribution in [2.45, 2.75) is 40.0 Å². The first-order valence-electron chi connectivity index (χ1n) is 10.0. The Kier molecular flexibility index (Phi) is 7.66. The molecule has 6 heteroatoms. The summed E-state index contributed by atoms with van der Waals surface area (Å²) < 4.78 is 4.27. The van der Waals surface area contributed by atoms with Crippen molar-refractivity contribution in [2.75, 3.05) is 0 Å². The van der Waals surface area contributed by atoms with E-state index in [9.17, 15) is 0 Å². The van der Waals surface area contributed by atoms with Gasteiger partial charge in [-0.15, -0.1) is 0 Å². The molecule has 0 bridgehead atoms. The van der Waals surface area contributed by atoms with Crippen LogP contribution in [0, 0.1) is 13.8 Å². The summed E-state index contributed by atoms with van der Waals surface area (Å²) >= 11 is 0. The normalized spacial score (nSPS) is 11.4. The average molecular weight is 405 g/mol. The second-order valence-corrected chi connectivity index (χ2v) is 7.27. The molecule has 0 fully saturated rings. The molecule has 0 amide bonds. The van der Waals surface area contributed by atoms with Crippen LogP contribution in [-0.4, -0.2) is 17.6 Å². The molecule has 2 aromatic heterocycles. The minimum atomic E-state index is 0.474. The van der Waals surface area contributed by atoms with Gasteiger partial charge >= 0.3 is 0 Å². The van der Waals surface area contributed by atoms with Gasteiger partial charge in [0.1, 0.15) is 6.61 Å². The van der Waals surface area contributed by atoms with Gasteiger partial charge in [-0.2, -0.15) is 0 Å². The van der Waals surface area contributed by atoms with E-state index in [0.29, 0.717) is 6.61 Å². The Morgan fingerprint density at radius 3 is 2.07 bits per heavy atom. The van der Waals surface area contributed by atoms with Gasteiger partial charge in [-0.05, 0) is 25.0 Å².